The normalized spacial score (nSPS) is 17.6. The van der Waals surface area contributed by atoms with Gasteiger partial charge in [0.15, 0.2) is 0 Å². The number of halogens is 1. The molecule has 1 aromatic rings. The van der Waals surface area contributed by atoms with Crippen LogP contribution in [0.2, 0.25) is 0 Å². The van der Waals surface area contributed by atoms with Gasteiger partial charge in [0.25, 0.3) is 5.91 Å². The van der Waals surface area contributed by atoms with Gasteiger partial charge in [-0.05, 0) is 63.4 Å². The lowest BCUT2D eigenvalue weighted by atomic mass is 10.0. The molecule has 2 fully saturated rings. The van der Waals surface area contributed by atoms with Crippen LogP contribution in [0.15, 0.2) is 23.1 Å². The third-order valence-corrected chi connectivity index (χ3v) is 6.62. The van der Waals surface area contributed by atoms with Crippen molar-refractivity contribution < 1.29 is 17.9 Å². The summed E-state index contributed by atoms with van der Waals surface area (Å²) >= 11 is 0. The second kappa shape index (κ2) is 9.91. The molecule has 0 unspecified atom stereocenters. The first-order valence-corrected chi connectivity index (χ1v) is 11.2. The lowest BCUT2D eigenvalue weighted by Crippen LogP contribution is -2.46. The third kappa shape index (κ3) is 5.37. The average molecular weight is 432 g/mol. The first-order chi connectivity index (χ1) is 13.0. The highest BCUT2D eigenvalue weighted by atomic mass is 35.5. The predicted molar refractivity (Wildman–Crippen MR) is 111 cm³/mol. The van der Waals surface area contributed by atoms with E-state index in [4.69, 9.17) is 4.74 Å². The van der Waals surface area contributed by atoms with Gasteiger partial charge in [0, 0.05) is 24.2 Å². The molecule has 0 atom stereocenters. The van der Waals surface area contributed by atoms with Gasteiger partial charge >= 0.3 is 0 Å². The fourth-order valence-electron chi connectivity index (χ4n) is 3.48. The molecule has 2 N–H and O–H groups in total. The Balaban J connectivity index is 0.00000280. The summed E-state index contributed by atoms with van der Waals surface area (Å²) < 4.78 is 33.3. The molecule has 0 spiro atoms. The first-order valence-electron chi connectivity index (χ1n) is 9.68. The van der Waals surface area contributed by atoms with Gasteiger partial charge in [-0.2, -0.15) is 0 Å². The molecule has 7 nitrogen and oxygen atoms in total. The van der Waals surface area contributed by atoms with Gasteiger partial charge < -0.3 is 15.0 Å². The van der Waals surface area contributed by atoms with Crippen molar-refractivity contribution in [3.8, 4) is 5.75 Å². The van der Waals surface area contributed by atoms with Gasteiger partial charge in [-0.25, -0.2) is 13.1 Å². The number of amides is 1. The molecule has 1 saturated carbocycles. The van der Waals surface area contributed by atoms with Crippen LogP contribution in [-0.4, -0.2) is 58.1 Å². The zero-order valence-electron chi connectivity index (χ0n) is 16.4. The Morgan fingerprint density at radius 3 is 2.50 bits per heavy atom. The number of ether oxygens (including phenoxy) is 1. The molecule has 1 aliphatic carbocycles. The van der Waals surface area contributed by atoms with Crippen LogP contribution in [0.3, 0.4) is 0 Å². The fraction of sp³-hybridized carbons (Fsp3) is 0.632. The molecule has 1 heterocycles. The number of nitrogens with one attached hydrogen (secondary N) is 2. The molecule has 1 amide bonds. The van der Waals surface area contributed by atoms with Gasteiger partial charge in [-0.3, -0.25) is 4.79 Å². The Hall–Kier alpha value is -1.35. The third-order valence-electron chi connectivity index (χ3n) is 5.07. The Labute approximate surface area is 173 Å². The SMILES string of the molecule is CCCN(C(=O)c1ccc(OC)c(S(=O)(=O)NC2CC2)c1)C1CCNCC1.Cl. The number of rotatable bonds is 8. The van der Waals surface area contributed by atoms with E-state index in [0.29, 0.717) is 12.1 Å². The quantitative estimate of drug-likeness (QED) is 0.658. The number of methoxy groups -OCH3 is 1. The van der Waals surface area contributed by atoms with Crippen molar-refractivity contribution in [2.75, 3.05) is 26.7 Å². The molecule has 1 aromatic carbocycles. The van der Waals surface area contributed by atoms with Crippen LogP contribution in [0.1, 0.15) is 49.4 Å². The van der Waals surface area contributed by atoms with Gasteiger partial charge in [0.2, 0.25) is 10.0 Å². The topological polar surface area (TPSA) is 87.7 Å². The summed E-state index contributed by atoms with van der Waals surface area (Å²) in [5.41, 5.74) is 0.388. The summed E-state index contributed by atoms with van der Waals surface area (Å²) in [7, 11) is -2.28. The van der Waals surface area contributed by atoms with E-state index in [1.165, 1.54) is 13.2 Å². The van der Waals surface area contributed by atoms with Crippen molar-refractivity contribution in [1.29, 1.82) is 0 Å². The molecule has 28 heavy (non-hydrogen) atoms. The Morgan fingerprint density at radius 2 is 1.93 bits per heavy atom. The second-order valence-electron chi connectivity index (χ2n) is 7.24. The summed E-state index contributed by atoms with van der Waals surface area (Å²) in [6.45, 7) is 4.50. The number of carbonyl (C=O) groups is 1. The number of nitrogens with zero attached hydrogens (tertiary/aromatic N) is 1. The molecule has 3 rings (SSSR count). The van der Waals surface area contributed by atoms with Crippen LogP contribution in [0.25, 0.3) is 0 Å². The van der Waals surface area contributed by atoms with E-state index < -0.39 is 10.0 Å². The molecule has 1 saturated heterocycles. The lowest BCUT2D eigenvalue weighted by molar-refractivity contribution is 0.0642. The minimum Gasteiger partial charge on any atom is -0.495 e. The van der Waals surface area contributed by atoms with Crippen molar-refractivity contribution in [3.05, 3.63) is 23.8 Å². The van der Waals surface area contributed by atoms with Crippen molar-refractivity contribution >= 4 is 28.3 Å². The number of carbonyl (C=O) groups excluding carboxylic acids is 1. The molecule has 1 aliphatic heterocycles. The number of hydrogen-bond acceptors (Lipinski definition) is 5. The average Bonchev–Trinajstić information content (AvgIpc) is 3.49. The van der Waals surface area contributed by atoms with Crippen LogP contribution in [0.4, 0.5) is 0 Å². The largest absolute Gasteiger partial charge is 0.495 e. The van der Waals surface area contributed by atoms with Crippen LogP contribution in [0, 0.1) is 0 Å². The Kier molecular flexibility index (Phi) is 8.12. The zero-order valence-corrected chi connectivity index (χ0v) is 18.1. The summed E-state index contributed by atoms with van der Waals surface area (Å²) in [6.07, 6.45) is 4.38. The number of benzene rings is 1. The van der Waals surface area contributed by atoms with E-state index in [1.54, 1.807) is 12.1 Å². The van der Waals surface area contributed by atoms with Gasteiger partial charge in [0.1, 0.15) is 10.6 Å². The van der Waals surface area contributed by atoms with Crippen molar-refractivity contribution in [3.63, 3.8) is 0 Å². The molecule has 9 heteroatoms. The van der Waals surface area contributed by atoms with E-state index in [9.17, 15) is 13.2 Å². The van der Waals surface area contributed by atoms with Crippen molar-refractivity contribution in [1.82, 2.24) is 14.9 Å². The molecular formula is C19H30ClN3O4S. The lowest BCUT2D eigenvalue weighted by Gasteiger charge is -2.34. The van der Waals surface area contributed by atoms with Crippen LogP contribution < -0.4 is 14.8 Å². The number of hydrogen-bond donors (Lipinski definition) is 2. The smallest absolute Gasteiger partial charge is 0.254 e. The number of piperidine rings is 1. The predicted octanol–water partition coefficient (Wildman–Crippen LogP) is 2.16. The maximum Gasteiger partial charge on any atom is 0.254 e. The highest BCUT2D eigenvalue weighted by Crippen LogP contribution is 2.29. The fourth-order valence-corrected chi connectivity index (χ4v) is 4.98. The zero-order chi connectivity index (χ0) is 19.4. The van der Waals surface area contributed by atoms with Crippen molar-refractivity contribution in [2.24, 2.45) is 0 Å². The van der Waals surface area contributed by atoms with Gasteiger partial charge in [0.05, 0.1) is 7.11 Å². The van der Waals surface area contributed by atoms with E-state index >= 15 is 0 Å². The van der Waals surface area contributed by atoms with Crippen molar-refractivity contribution in [2.45, 2.75) is 56.0 Å². The molecule has 2 aliphatic rings. The highest BCUT2D eigenvalue weighted by molar-refractivity contribution is 7.89. The number of sulfonamides is 1. The van der Waals surface area contributed by atoms with Crippen LogP contribution in [0.5, 0.6) is 5.75 Å². The minimum atomic E-state index is -3.71. The second-order valence-corrected chi connectivity index (χ2v) is 8.92. The van der Waals surface area contributed by atoms with E-state index in [0.717, 1.165) is 45.2 Å². The summed E-state index contributed by atoms with van der Waals surface area (Å²) in [4.78, 5) is 15.1. The summed E-state index contributed by atoms with van der Waals surface area (Å²) in [6, 6.07) is 4.86. The molecule has 0 aromatic heterocycles. The van der Waals surface area contributed by atoms with Crippen LogP contribution in [-0.2, 0) is 10.0 Å². The molecule has 158 valence electrons. The van der Waals surface area contributed by atoms with Gasteiger partial charge in [-0.15, -0.1) is 12.4 Å². The maximum atomic E-state index is 13.2. The molecule has 0 radical (unpaired) electrons. The molecule has 0 bridgehead atoms. The standard InChI is InChI=1S/C19H29N3O4S.ClH/c1-3-12-22(16-8-10-20-11-9-16)19(23)14-4-7-17(26-2)18(13-14)27(24,25)21-15-5-6-15;/h4,7,13,15-16,20-21H,3,5-6,8-12H2,1-2H3;1H. The van der Waals surface area contributed by atoms with Gasteiger partial charge in [-0.1, -0.05) is 6.92 Å². The van der Waals surface area contributed by atoms with Crippen LogP contribution >= 0.6 is 12.4 Å². The Morgan fingerprint density at radius 1 is 1.25 bits per heavy atom. The van der Waals surface area contributed by atoms with E-state index in [-0.39, 0.29) is 41.0 Å². The molecular weight excluding hydrogens is 402 g/mol. The first kappa shape index (κ1) is 22.9. The summed E-state index contributed by atoms with van der Waals surface area (Å²) in [5, 5.41) is 3.32. The minimum absolute atomic E-state index is 0. The maximum absolute atomic E-state index is 13.2. The van der Waals surface area contributed by atoms with E-state index in [2.05, 4.69) is 10.0 Å². The Bertz CT molecular complexity index is 777. The highest BCUT2D eigenvalue weighted by Gasteiger charge is 2.31. The van der Waals surface area contributed by atoms with E-state index in [1.807, 2.05) is 11.8 Å². The summed E-state index contributed by atoms with van der Waals surface area (Å²) in [5.74, 6) is 0.137. The monoisotopic (exact) mass is 431 g/mol.